The number of guanidine groups is 1. The maximum absolute atomic E-state index is 5.55. The van der Waals surface area contributed by atoms with E-state index < -0.39 is 0 Å². The van der Waals surface area contributed by atoms with Crippen molar-refractivity contribution in [3.8, 4) is 18.1 Å². The van der Waals surface area contributed by atoms with Crippen molar-refractivity contribution < 1.29 is 13.9 Å². The van der Waals surface area contributed by atoms with Crippen molar-refractivity contribution >= 4 is 29.9 Å². The highest BCUT2D eigenvalue weighted by Gasteiger charge is 2.00. The smallest absolute Gasteiger partial charge is 0.190 e. The summed E-state index contributed by atoms with van der Waals surface area (Å²) in [5, 5.41) is 6.58. The van der Waals surface area contributed by atoms with Crippen molar-refractivity contribution in [1.82, 2.24) is 10.6 Å². The first-order valence-electron chi connectivity index (χ1n) is 9.01. The Labute approximate surface area is 184 Å². The average Bonchev–Trinajstić information content (AvgIpc) is 3.22. The third-order valence-corrected chi connectivity index (χ3v) is 3.76. The van der Waals surface area contributed by atoms with Gasteiger partial charge in [-0.05, 0) is 42.7 Å². The van der Waals surface area contributed by atoms with Crippen LogP contribution in [0.1, 0.15) is 17.7 Å². The zero-order valence-electron chi connectivity index (χ0n) is 16.1. The van der Waals surface area contributed by atoms with Crippen molar-refractivity contribution in [2.45, 2.75) is 19.4 Å². The van der Waals surface area contributed by atoms with Gasteiger partial charge in [0.05, 0.1) is 6.26 Å². The Morgan fingerprint density at radius 2 is 1.96 bits per heavy atom. The molecule has 0 saturated carbocycles. The van der Waals surface area contributed by atoms with Gasteiger partial charge in [0.1, 0.15) is 24.7 Å². The third-order valence-electron chi connectivity index (χ3n) is 3.76. The molecule has 7 heteroatoms. The molecule has 0 aliphatic carbocycles. The van der Waals surface area contributed by atoms with Gasteiger partial charge in [0, 0.05) is 26.7 Å². The van der Waals surface area contributed by atoms with E-state index in [1.165, 1.54) is 5.56 Å². The van der Waals surface area contributed by atoms with E-state index in [0.717, 1.165) is 43.4 Å². The Morgan fingerprint density at radius 3 is 2.64 bits per heavy atom. The van der Waals surface area contributed by atoms with Crippen LogP contribution in [-0.4, -0.2) is 39.3 Å². The van der Waals surface area contributed by atoms with Crippen molar-refractivity contribution in [3.05, 3.63) is 54.0 Å². The number of rotatable bonds is 11. The van der Waals surface area contributed by atoms with E-state index in [-0.39, 0.29) is 30.6 Å². The van der Waals surface area contributed by atoms with Gasteiger partial charge in [-0.15, -0.1) is 30.4 Å². The molecule has 152 valence electrons. The first kappa shape index (κ1) is 23.9. The van der Waals surface area contributed by atoms with Gasteiger partial charge in [-0.25, -0.2) is 0 Å². The molecule has 0 aliphatic heterocycles. The van der Waals surface area contributed by atoms with Crippen LogP contribution in [0.2, 0.25) is 0 Å². The predicted octanol–water partition coefficient (Wildman–Crippen LogP) is 3.22. The second kappa shape index (κ2) is 14.8. The number of terminal acetylenes is 1. The van der Waals surface area contributed by atoms with Gasteiger partial charge in [0.25, 0.3) is 0 Å². The number of nitrogens with one attached hydrogen (secondary N) is 2. The topological polar surface area (TPSA) is 68.0 Å². The van der Waals surface area contributed by atoms with Crippen LogP contribution in [0.25, 0.3) is 0 Å². The maximum atomic E-state index is 5.55. The van der Waals surface area contributed by atoms with E-state index in [1.54, 1.807) is 13.3 Å². The highest BCUT2D eigenvalue weighted by molar-refractivity contribution is 14.0. The molecule has 0 amide bonds. The molecule has 1 aromatic heterocycles. The Kier molecular flexibility index (Phi) is 12.6. The fourth-order valence-electron chi connectivity index (χ4n) is 2.37. The van der Waals surface area contributed by atoms with Crippen LogP contribution >= 0.6 is 24.0 Å². The minimum absolute atomic E-state index is 0. The lowest BCUT2D eigenvalue weighted by atomic mass is 10.1. The quantitative estimate of drug-likeness (QED) is 0.164. The summed E-state index contributed by atoms with van der Waals surface area (Å²) in [6, 6.07) is 11.7. The van der Waals surface area contributed by atoms with Gasteiger partial charge >= 0.3 is 0 Å². The minimum atomic E-state index is 0. The van der Waals surface area contributed by atoms with Gasteiger partial charge in [-0.2, -0.15) is 0 Å². The lowest BCUT2D eigenvalue weighted by Crippen LogP contribution is -2.39. The number of ether oxygens (including phenoxy) is 2. The van der Waals surface area contributed by atoms with Crippen LogP contribution in [0, 0.1) is 12.3 Å². The van der Waals surface area contributed by atoms with Crippen LogP contribution in [0.5, 0.6) is 5.75 Å². The summed E-state index contributed by atoms with van der Waals surface area (Å²) in [4.78, 5) is 4.23. The molecule has 1 heterocycles. The number of aliphatic imine (C=N–C) groups is 1. The van der Waals surface area contributed by atoms with Gasteiger partial charge < -0.3 is 24.5 Å². The molecular formula is C21H28IN3O3. The van der Waals surface area contributed by atoms with Crippen LogP contribution in [0.3, 0.4) is 0 Å². The number of hydrogen-bond acceptors (Lipinski definition) is 4. The van der Waals surface area contributed by atoms with Crippen LogP contribution in [0.15, 0.2) is 52.1 Å². The van der Waals surface area contributed by atoms with E-state index in [4.69, 9.17) is 20.3 Å². The summed E-state index contributed by atoms with van der Waals surface area (Å²) >= 11 is 0. The summed E-state index contributed by atoms with van der Waals surface area (Å²) in [6.45, 7) is 3.04. The number of furan rings is 1. The average molecular weight is 497 g/mol. The fraction of sp³-hybridized carbons (Fsp3) is 0.381. The number of benzene rings is 1. The molecule has 2 rings (SSSR count). The van der Waals surface area contributed by atoms with Gasteiger partial charge in [-0.3, -0.25) is 4.99 Å². The van der Waals surface area contributed by atoms with E-state index in [0.29, 0.717) is 13.2 Å². The molecule has 1 aromatic carbocycles. The van der Waals surface area contributed by atoms with Gasteiger partial charge in [0.2, 0.25) is 0 Å². The normalized spacial score (nSPS) is 10.6. The predicted molar refractivity (Wildman–Crippen MR) is 122 cm³/mol. The van der Waals surface area contributed by atoms with Crippen LogP contribution < -0.4 is 15.4 Å². The number of hydrogen-bond donors (Lipinski definition) is 2. The van der Waals surface area contributed by atoms with Crippen molar-refractivity contribution in [1.29, 1.82) is 0 Å². The lowest BCUT2D eigenvalue weighted by molar-refractivity contribution is 0.105. The first-order chi connectivity index (χ1) is 13.3. The second-order valence-electron chi connectivity index (χ2n) is 5.80. The molecule has 0 bridgehead atoms. The minimum Gasteiger partial charge on any atom is -0.481 e. The molecule has 0 atom stereocenters. The molecule has 0 spiro atoms. The van der Waals surface area contributed by atoms with E-state index in [9.17, 15) is 0 Å². The Balaban J connectivity index is 0.00000392. The lowest BCUT2D eigenvalue weighted by Gasteiger charge is -2.12. The Hall–Kier alpha value is -2.18. The fourth-order valence-corrected chi connectivity index (χ4v) is 2.37. The SMILES string of the molecule is C#CCOc1ccc(CCNC(=NC)NCCCOCc2ccco2)cc1.I. The molecule has 2 N–H and O–H groups in total. The summed E-state index contributed by atoms with van der Waals surface area (Å²) in [5.41, 5.74) is 1.22. The van der Waals surface area contributed by atoms with Crippen molar-refractivity contribution in [2.75, 3.05) is 33.4 Å². The molecule has 0 aliphatic rings. The molecule has 0 saturated heterocycles. The number of halogens is 1. The Bertz CT molecular complexity index is 709. The van der Waals surface area contributed by atoms with E-state index in [1.807, 2.05) is 36.4 Å². The monoisotopic (exact) mass is 497 g/mol. The summed E-state index contributed by atoms with van der Waals surface area (Å²) in [5.74, 6) is 4.87. The molecule has 0 radical (unpaired) electrons. The van der Waals surface area contributed by atoms with Gasteiger partial charge in [0.15, 0.2) is 5.96 Å². The number of nitrogens with zero attached hydrogens (tertiary/aromatic N) is 1. The molecule has 0 unspecified atom stereocenters. The molecule has 28 heavy (non-hydrogen) atoms. The highest BCUT2D eigenvalue weighted by Crippen LogP contribution is 2.12. The van der Waals surface area contributed by atoms with Crippen LogP contribution in [0.4, 0.5) is 0 Å². The molecule has 0 fully saturated rings. The standard InChI is InChI=1S/C21H27N3O3.HI/c1-3-14-26-19-9-7-18(8-10-19)11-13-24-21(22-2)23-12-5-15-25-17-20-6-4-16-27-20;/h1,4,6-10,16H,5,11-15,17H2,2H3,(H2,22,23,24);1H. The highest BCUT2D eigenvalue weighted by atomic mass is 127. The largest absolute Gasteiger partial charge is 0.481 e. The van der Waals surface area contributed by atoms with Crippen molar-refractivity contribution in [2.24, 2.45) is 4.99 Å². The second-order valence-corrected chi connectivity index (χ2v) is 5.80. The van der Waals surface area contributed by atoms with E-state index in [2.05, 4.69) is 21.5 Å². The van der Waals surface area contributed by atoms with Crippen LogP contribution in [-0.2, 0) is 17.8 Å². The first-order valence-corrected chi connectivity index (χ1v) is 9.01. The molecule has 2 aromatic rings. The van der Waals surface area contributed by atoms with E-state index >= 15 is 0 Å². The zero-order chi connectivity index (χ0) is 19.2. The van der Waals surface area contributed by atoms with Gasteiger partial charge in [-0.1, -0.05) is 18.1 Å². The Morgan fingerprint density at radius 1 is 1.18 bits per heavy atom. The molecular weight excluding hydrogens is 469 g/mol. The maximum Gasteiger partial charge on any atom is 0.190 e. The molecule has 6 nitrogen and oxygen atoms in total. The van der Waals surface area contributed by atoms with Crippen molar-refractivity contribution in [3.63, 3.8) is 0 Å². The summed E-state index contributed by atoms with van der Waals surface area (Å²) in [6.07, 6.45) is 8.61. The zero-order valence-corrected chi connectivity index (χ0v) is 18.5. The summed E-state index contributed by atoms with van der Waals surface area (Å²) in [7, 11) is 1.76. The summed E-state index contributed by atoms with van der Waals surface area (Å²) < 4.78 is 16.1. The third kappa shape index (κ3) is 9.67.